The lowest BCUT2D eigenvalue weighted by Gasteiger charge is -2.11. The van der Waals surface area contributed by atoms with Crippen LogP contribution in [0.1, 0.15) is 17.3 Å². The molecule has 0 aliphatic rings. The fourth-order valence-electron chi connectivity index (χ4n) is 1.36. The van der Waals surface area contributed by atoms with Crippen LogP contribution >= 0.6 is 0 Å². The van der Waals surface area contributed by atoms with Crippen molar-refractivity contribution in [3.8, 4) is 0 Å². The van der Waals surface area contributed by atoms with Gasteiger partial charge in [0.1, 0.15) is 17.3 Å². The summed E-state index contributed by atoms with van der Waals surface area (Å²) in [5.41, 5.74) is -0.316. The average molecular weight is 258 g/mol. The van der Waals surface area contributed by atoms with Gasteiger partial charge in [-0.3, -0.25) is 4.79 Å². The second-order valence-electron chi connectivity index (χ2n) is 3.82. The van der Waals surface area contributed by atoms with Crippen LogP contribution < -0.4 is 10.6 Å². The van der Waals surface area contributed by atoms with E-state index in [1.165, 1.54) is 14.2 Å². The number of carbonyl (C=O) groups excluding carboxylic acids is 1. The van der Waals surface area contributed by atoms with E-state index in [0.717, 1.165) is 12.1 Å². The van der Waals surface area contributed by atoms with Crippen molar-refractivity contribution in [3.63, 3.8) is 0 Å². The molecule has 2 N–H and O–H groups in total. The third-order valence-electron chi connectivity index (χ3n) is 2.51. The van der Waals surface area contributed by atoms with Crippen LogP contribution in [-0.2, 0) is 4.74 Å². The molecule has 100 valence electrons. The number of benzene rings is 1. The number of carbonyl (C=O) groups is 1. The largest absolute Gasteiger partial charge is 0.383 e. The summed E-state index contributed by atoms with van der Waals surface area (Å²) in [6, 6.07) is 1.98. The zero-order valence-electron chi connectivity index (χ0n) is 10.5. The molecule has 4 nitrogen and oxygen atoms in total. The summed E-state index contributed by atoms with van der Waals surface area (Å²) in [5, 5.41) is 4.91. The maximum Gasteiger partial charge on any atom is 0.251 e. The first-order chi connectivity index (χ1) is 8.49. The molecule has 1 unspecified atom stereocenters. The van der Waals surface area contributed by atoms with Gasteiger partial charge in [-0.2, -0.15) is 0 Å². The summed E-state index contributed by atoms with van der Waals surface area (Å²) in [6.45, 7) is 2.04. The van der Waals surface area contributed by atoms with E-state index in [0.29, 0.717) is 0 Å². The van der Waals surface area contributed by atoms with E-state index in [4.69, 9.17) is 4.74 Å². The van der Waals surface area contributed by atoms with Crippen molar-refractivity contribution in [2.24, 2.45) is 0 Å². The first-order valence-corrected chi connectivity index (χ1v) is 5.47. The molecule has 0 aromatic heterocycles. The average Bonchev–Trinajstić information content (AvgIpc) is 2.34. The number of rotatable bonds is 5. The molecule has 0 radical (unpaired) electrons. The topological polar surface area (TPSA) is 50.4 Å². The minimum Gasteiger partial charge on any atom is -0.383 e. The van der Waals surface area contributed by atoms with Crippen molar-refractivity contribution in [2.45, 2.75) is 13.0 Å². The smallest absolute Gasteiger partial charge is 0.251 e. The molecule has 1 atom stereocenters. The number of nitrogens with one attached hydrogen (secondary N) is 2. The minimum absolute atomic E-state index is 0.0627. The Bertz CT molecular complexity index is 415. The molecule has 0 aliphatic heterocycles. The summed E-state index contributed by atoms with van der Waals surface area (Å²) in [4.78, 5) is 11.6. The van der Waals surface area contributed by atoms with Crippen molar-refractivity contribution in [1.82, 2.24) is 5.32 Å². The van der Waals surface area contributed by atoms with E-state index in [2.05, 4.69) is 10.6 Å². The van der Waals surface area contributed by atoms with Gasteiger partial charge >= 0.3 is 0 Å². The Kier molecular flexibility index (Phi) is 5.03. The van der Waals surface area contributed by atoms with Crippen molar-refractivity contribution < 1.29 is 18.3 Å². The van der Waals surface area contributed by atoms with Crippen LogP contribution in [0, 0.1) is 11.6 Å². The minimum atomic E-state index is -0.803. The van der Waals surface area contributed by atoms with E-state index in [-0.39, 0.29) is 23.9 Å². The first-order valence-electron chi connectivity index (χ1n) is 5.47. The van der Waals surface area contributed by atoms with Crippen LogP contribution in [-0.4, -0.2) is 32.7 Å². The number of hydrogen-bond acceptors (Lipinski definition) is 3. The van der Waals surface area contributed by atoms with Gasteiger partial charge in [-0.05, 0) is 19.1 Å². The lowest BCUT2D eigenvalue weighted by Crippen LogP contribution is -2.31. The Morgan fingerprint density at radius 3 is 2.39 bits per heavy atom. The molecule has 0 bridgehead atoms. The third kappa shape index (κ3) is 3.40. The Morgan fingerprint density at radius 2 is 1.94 bits per heavy atom. The van der Waals surface area contributed by atoms with Gasteiger partial charge < -0.3 is 15.4 Å². The monoisotopic (exact) mass is 258 g/mol. The third-order valence-corrected chi connectivity index (χ3v) is 2.51. The molecule has 18 heavy (non-hydrogen) atoms. The normalized spacial score (nSPS) is 12.1. The standard InChI is InChI=1S/C12H16F2N2O2/c1-7(18-3)6-16-12(17)8-4-9(13)11(15-2)10(14)5-8/h4-5,7,15H,6H2,1-3H3,(H,16,17). The number of methoxy groups -OCH3 is 1. The molecular weight excluding hydrogens is 242 g/mol. The molecule has 1 rings (SSSR count). The molecule has 0 saturated heterocycles. The van der Waals surface area contributed by atoms with Crippen LogP contribution in [0.15, 0.2) is 12.1 Å². The van der Waals surface area contributed by atoms with Gasteiger partial charge in [0, 0.05) is 26.3 Å². The second-order valence-corrected chi connectivity index (χ2v) is 3.82. The van der Waals surface area contributed by atoms with Gasteiger partial charge in [0.25, 0.3) is 5.91 Å². The number of hydrogen-bond donors (Lipinski definition) is 2. The van der Waals surface area contributed by atoms with Crippen LogP contribution in [0.5, 0.6) is 0 Å². The predicted octanol–water partition coefficient (Wildman–Crippen LogP) is 1.77. The quantitative estimate of drug-likeness (QED) is 0.846. The maximum atomic E-state index is 13.4. The van der Waals surface area contributed by atoms with Gasteiger partial charge in [-0.1, -0.05) is 0 Å². The predicted molar refractivity (Wildman–Crippen MR) is 64.7 cm³/mol. The Hall–Kier alpha value is -1.69. The van der Waals surface area contributed by atoms with Gasteiger partial charge in [0.2, 0.25) is 0 Å². The van der Waals surface area contributed by atoms with E-state index in [9.17, 15) is 13.6 Å². The Labute approximate surface area is 104 Å². The van der Waals surface area contributed by atoms with Crippen molar-refractivity contribution in [2.75, 3.05) is 26.0 Å². The molecule has 1 amide bonds. The van der Waals surface area contributed by atoms with Crippen LogP contribution in [0.25, 0.3) is 0 Å². The number of halogens is 2. The van der Waals surface area contributed by atoms with Crippen LogP contribution in [0.4, 0.5) is 14.5 Å². The van der Waals surface area contributed by atoms with Crippen molar-refractivity contribution in [3.05, 3.63) is 29.3 Å². The van der Waals surface area contributed by atoms with Gasteiger partial charge in [-0.25, -0.2) is 8.78 Å². The zero-order chi connectivity index (χ0) is 13.7. The van der Waals surface area contributed by atoms with Crippen molar-refractivity contribution in [1.29, 1.82) is 0 Å². The van der Waals surface area contributed by atoms with Crippen LogP contribution in [0.2, 0.25) is 0 Å². The molecular formula is C12H16F2N2O2. The SMILES string of the molecule is CNc1c(F)cc(C(=O)NCC(C)OC)cc1F. The van der Waals surface area contributed by atoms with E-state index >= 15 is 0 Å². The van der Waals surface area contributed by atoms with E-state index in [1.807, 2.05) is 0 Å². The molecule has 1 aromatic rings. The lowest BCUT2D eigenvalue weighted by molar-refractivity contribution is 0.0869. The maximum absolute atomic E-state index is 13.4. The highest BCUT2D eigenvalue weighted by Crippen LogP contribution is 2.20. The number of anilines is 1. The molecule has 0 heterocycles. The lowest BCUT2D eigenvalue weighted by atomic mass is 10.1. The summed E-state index contributed by atoms with van der Waals surface area (Å²) in [7, 11) is 2.92. The molecule has 0 fully saturated rings. The highest BCUT2D eigenvalue weighted by molar-refractivity contribution is 5.94. The second kappa shape index (κ2) is 6.30. The first kappa shape index (κ1) is 14.4. The fraction of sp³-hybridized carbons (Fsp3) is 0.417. The molecule has 0 spiro atoms. The molecule has 6 heteroatoms. The molecule has 1 aromatic carbocycles. The number of ether oxygens (including phenoxy) is 1. The highest BCUT2D eigenvalue weighted by Gasteiger charge is 2.14. The van der Waals surface area contributed by atoms with Crippen molar-refractivity contribution >= 4 is 11.6 Å². The summed E-state index contributed by atoms with van der Waals surface area (Å²) in [5.74, 6) is -2.15. The van der Waals surface area contributed by atoms with E-state index in [1.54, 1.807) is 6.92 Å². The zero-order valence-corrected chi connectivity index (χ0v) is 10.5. The van der Waals surface area contributed by atoms with Crippen LogP contribution in [0.3, 0.4) is 0 Å². The van der Waals surface area contributed by atoms with Gasteiger partial charge in [-0.15, -0.1) is 0 Å². The van der Waals surface area contributed by atoms with Gasteiger partial charge in [0.15, 0.2) is 0 Å². The summed E-state index contributed by atoms with van der Waals surface area (Å²) in [6.07, 6.45) is -0.166. The summed E-state index contributed by atoms with van der Waals surface area (Å²) >= 11 is 0. The Morgan fingerprint density at radius 1 is 1.39 bits per heavy atom. The van der Waals surface area contributed by atoms with E-state index < -0.39 is 17.5 Å². The highest BCUT2D eigenvalue weighted by atomic mass is 19.1. The Balaban J connectivity index is 2.81. The molecule has 0 saturated carbocycles. The van der Waals surface area contributed by atoms with Gasteiger partial charge in [0.05, 0.1) is 6.10 Å². The summed E-state index contributed by atoms with van der Waals surface area (Å²) < 4.78 is 31.8. The number of amides is 1. The fourth-order valence-corrected chi connectivity index (χ4v) is 1.36. The molecule has 0 aliphatic carbocycles.